The summed E-state index contributed by atoms with van der Waals surface area (Å²) >= 11 is 1.65. The third kappa shape index (κ3) is 4.32. The lowest BCUT2D eigenvalue weighted by Gasteiger charge is -2.24. The minimum atomic E-state index is -3.73. The van der Waals surface area contributed by atoms with Gasteiger partial charge in [-0.05, 0) is 54.5 Å². The molecule has 2 N–H and O–H groups in total. The molecule has 1 amide bonds. The SMILES string of the molecule is CONS(=O)(=O)c1ccc(C(=O)N[C@H](c2cccs2)C2CCCC2)cc1. The van der Waals surface area contributed by atoms with Crippen LogP contribution < -0.4 is 10.2 Å². The molecule has 3 rings (SSSR count). The van der Waals surface area contributed by atoms with Crippen LogP contribution in [0.2, 0.25) is 0 Å². The van der Waals surface area contributed by atoms with Crippen molar-refractivity contribution in [2.75, 3.05) is 7.11 Å². The van der Waals surface area contributed by atoms with Crippen molar-refractivity contribution in [3.8, 4) is 0 Å². The summed E-state index contributed by atoms with van der Waals surface area (Å²) < 4.78 is 23.8. The highest BCUT2D eigenvalue weighted by molar-refractivity contribution is 7.89. The van der Waals surface area contributed by atoms with Gasteiger partial charge in [-0.25, -0.2) is 8.42 Å². The summed E-state index contributed by atoms with van der Waals surface area (Å²) in [5, 5.41) is 5.16. The molecule has 0 radical (unpaired) electrons. The molecule has 0 bridgehead atoms. The van der Waals surface area contributed by atoms with Crippen LogP contribution in [0.15, 0.2) is 46.7 Å². The molecule has 1 aliphatic carbocycles. The highest BCUT2D eigenvalue weighted by Gasteiger charge is 2.28. The lowest BCUT2D eigenvalue weighted by Crippen LogP contribution is -2.32. The van der Waals surface area contributed by atoms with Gasteiger partial charge in [0.25, 0.3) is 15.9 Å². The third-order valence-electron chi connectivity index (χ3n) is 4.63. The number of thiophene rings is 1. The molecular formula is C18H22N2O4S2. The molecule has 1 heterocycles. The molecule has 6 nitrogen and oxygen atoms in total. The maximum Gasteiger partial charge on any atom is 0.262 e. The molecule has 0 aliphatic heterocycles. The number of benzene rings is 1. The van der Waals surface area contributed by atoms with Crippen LogP contribution >= 0.6 is 11.3 Å². The zero-order valence-electron chi connectivity index (χ0n) is 14.5. The van der Waals surface area contributed by atoms with Gasteiger partial charge in [-0.1, -0.05) is 23.8 Å². The van der Waals surface area contributed by atoms with Crippen LogP contribution in [0.3, 0.4) is 0 Å². The Morgan fingerprint density at radius 3 is 2.46 bits per heavy atom. The summed E-state index contributed by atoms with van der Waals surface area (Å²) in [4.78, 5) is 20.3. The van der Waals surface area contributed by atoms with Gasteiger partial charge in [0.15, 0.2) is 0 Å². The van der Waals surface area contributed by atoms with Gasteiger partial charge in [0.2, 0.25) is 0 Å². The van der Waals surface area contributed by atoms with Gasteiger partial charge in [-0.2, -0.15) is 0 Å². The quantitative estimate of drug-likeness (QED) is 0.706. The second-order valence-corrected chi connectivity index (χ2v) is 8.95. The average molecular weight is 395 g/mol. The standard InChI is InChI=1S/C18H22N2O4S2/c1-24-20-26(22,23)15-10-8-14(9-11-15)18(21)19-17(13-5-2-3-6-13)16-7-4-12-25-16/h4,7-13,17,20H,2-3,5-6H2,1H3,(H,19,21)/t17-/m0/s1. The van der Waals surface area contributed by atoms with Crippen LogP contribution in [0.1, 0.15) is 47.0 Å². The molecule has 1 aromatic carbocycles. The van der Waals surface area contributed by atoms with Gasteiger partial charge in [-0.3, -0.25) is 9.63 Å². The largest absolute Gasteiger partial charge is 0.344 e. The molecule has 26 heavy (non-hydrogen) atoms. The lowest BCUT2D eigenvalue weighted by molar-refractivity contribution is 0.0922. The van der Waals surface area contributed by atoms with E-state index in [1.165, 1.54) is 44.2 Å². The monoisotopic (exact) mass is 394 g/mol. The summed E-state index contributed by atoms with van der Waals surface area (Å²) in [5.41, 5.74) is 0.431. The van der Waals surface area contributed by atoms with Crippen molar-refractivity contribution < 1.29 is 18.0 Å². The topological polar surface area (TPSA) is 84.5 Å². The van der Waals surface area contributed by atoms with E-state index in [1.54, 1.807) is 11.3 Å². The van der Waals surface area contributed by atoms with Gasteiger partial charge in [0.05, 0.1) is 18.0 Å². The fourth-order valence-electron chi connectivity index (χ4n) is 3.35. The second kappa shape index (κ2) is 8.30. The highest BCUT2D eigenvalue weighted by atomic mass is 32.2. The van der Waals surface area contributed by atoms with E-state index in [-0.39, 0.29) is 16.8 Å². The highest BCUT2D eigenvalue weighted by Crippen LogP contribution is 2.37. The van der Waals surface area contributed by atoms with E-state index >= 15 is 0 Å². The van der Waals surface area contributed by atoms with Crippen molar-refractivity contribution >= 4 is 27.3 Å². The number of nitrogens with one attached hydrogen (secondary N) is 2. The second-order valence-electron chi connectivity index (χ2n) is 6.33. The lowest BCUT2D eigenvalue weighted by atomic mass is 9.96. The predicted octanol–water partition coefficient (Wildman–Crippen LogP) is 3.25. The molecule has 1 aliphatic rings. The number of carbonyl (C=O) groups is 1. The molecule has 8 heteroatoms. The maximum atomic E-state index is 12.7. The molecule has 1 atom stereocenters. The summed E-state index contributed by atoms with van der Waals surface area (Å²) in [5.74, 6) is 0.252. The number of hydrogen-bond acceptors (Lipinski definition) is 5. The molecule has 0 unspecified atom stereocenters. The molecule has 1 saturated carbocycles. The van der Waals surface area contributed by atoms with E-state index in [1.807, 2.05) is 16.3 Å². The van der Waals surface area contributed by atoms with E-state index in [0.29, 0.717) is 11.5 Å². The van der Waals surface area contributed by atoms with Gasteiger partial charge < -0.3 is 5.32 Å². The number of sulfonamides is 1. The Labute approximate surface area is 157 Å². The molecular weight excluding hydrogens is 372 g/mol. The van der Waals surface area contributed by atoms with Gasteiger partial charge in [-0.15, -0.1) is 11.3 Å². The summed E-state index contributed by atoms with van der Waals surface area (Å²) in [6.07, 6.45) is 4.62. The fraction of sp³-hybridized carbons (Fsp3) is 0.389. The van der Waals surface area contributed by atoms with Crippen molar-refractivity contribution in [1.29, 1.82) is 0 Å². The minimum absolute atomic E-state index is 0.00330. The van der Waals surface area contributed by atoms with Crippen LogP contribution in [0.25, 0.3) is 0 Å². The van der Waals surface area contributed by atoms with Gasteiger partial charge in [0, 0.05) is 10.4 Å². The Balaban J connectivity index is 1.75. The average Bonchev–Trinajstić information content (AvgIpc) is 3.33. The van der Waals surface area contributed by atoms with Crippen LogP contribution in [0.5, 0.6) is 0 Å². The van der Waals surface area contributed by atoms with Gasteiger partial charge in [0.1, 0.15) is 0 Å². The predicted molar refractivity (Wildman–Crippen MR) is 100 cm³/mol. The number of rotatable bonds is 7. The number of carbonyl (C=O) groups excluding carboxylic acids is 1. The first kappa shape index (κ1) is 19.0. The smallest absolute Gasteiger partial charge is 0.262 e. The van der Waals surface area contributed by atoms with Crippen LogP contribution in [0, 0.1) is 5.92 Å². The summed E-state index contributed by atoms with van der Waals surface area (Å²) in [6, 6.07) is 9.87. The first-order valence-corrected chi connectivity index (χ1v) is 10.9. The van der Waals surface area contributed by atoms with Crippen molar-refractivity contribution in [1.82, 2.24) is 10.2 Å². The Morgan fingerprint density at radius 2 is 1.88 bits per heavy atom. The molecule has 0 saturated heterocycles. The Morgan fingerprint density at radius 1 is 1.19 bits per heavy atom. The Bertz CT molecular complexity index is 827. The van der Waals surface area contributed by atoms with E-state index in [9.17, 15) is 13.2 Å². The van der Waals surface area contributed by atoms with Crippen LogP contribution in [-0.2, 0) is 14.9 Å². The summed E-state index contributed by atoms with van der Waals surface area (Å²) in [6.45, 7) is 0. The van der Waals surface area contributed by atoms with E-state index in [0.717, 1.165) is 17.7 Å². The molecule has 1 fully saturated rings. The fourth-order valence-corrected chi connectivity index (χ4v) is 5.03. The van der Waals surface area contributed by atoms with Crippen molar-refractivity contribution in [3.05, 3.63) is 52.2 Å². The molecule has 140 valence electrons. The first-order chi connectivity index (χ1) is 12.5. The summed E-state index contributed by atoms with van der Waals surface area (Å²) in [7, 11) is -2.50. The zero-order chi connectivity index (χ0) is 18.6. The van der Waals surface area contributed by atoms with Gasteiger partial charge >= 0.3 is 0 Å². The first-order valence-electron chi connectivity index (χ1n) is 8.50. The van der Waals surface area contributed by atoms with Crippen LogP contribution in [0.4, 0.5) is 0 Å². The molecule has 2 aromatic rings. The normalized spacial score (nSPS) is 16.5. The molecule has 1 aromatic heterocycles. The van der Waals surface area contributed by atoms with E-state index in [4.69, 9.17) is 0 Å². The van der Waals surface area contributed by atoms with Crippen molar-refractivity contribution in [3.63, 3.8) is 0 Å². The maximum absolute atomic E-state index is 12.7. The van der Waals surface area contributed by atoms with E-state index in [2.05, 4.69) is 16.2 Å². The molecule has 0 spiro atoms. The van der Waals surface area contributed by atoms with Crippen LogP contribution in [-0.4, -0.2) is 21.4 Å². The zero-order valence-corrected chi connectivity index (χ0v) is 16.1. The Hall–Kier alpha value is -1.74. The minimum Gasteiger partial charge on any atom is -0.344 e. The Kier molecular flexibility index (Phi) is 6.08. The number of amides is 1. The van der Waals surface area contributed by atoms with Crippen molar-refractivity contribution in [2.45, 2.75) is 36.6 Å². The number of hydrogen-bond donors (Lipinski definition) is 2. The third-order valence-corrected chi connectivity index (χ3v) is 6.86. The van der Waals surface area contributed by atoms with E-state index < -0.39 is 10.0 Å². The van der Waals surface area contributed by atoms with Crippen molar-refractivity contribution in [2.24, 2.45) is 5.92 Å².